The number of ether oxygens (including phenoxy) is 1. The van der Waals surface area contributed by atoms with E-state index in [-0.39, 0.29) is 5.91 Å². The topological polar surface area (TPSA) is 54.7 Å². The third-order valence-corrected chi connectivity index (χ3v) is 4.65. The van der Waals surface area contributed by atoms with Gasteiger partial charge in [0.2, 0.25) is 0 Å². The molecule has 2 aromatic rings. The van der Waals surface area contributed by atoms with Gasteiger partial charge in [-0.1, -0.05) is 29.8 Å². The molecule has 0 bridgehead atoms. The summed E-state index contributed by atoms with van der Waals surface area (Å²) in [5.41, 5.74) is 4.29. The van der Waals surface area contributed by atoms with E-state index in [4.69, 9.17) is 9.15 Å². The standard InChI is InChI=1S/C20H26N2O3/c1-14-4-6-16(7-5-14)12-22-10-8-18-17(13-22)19(15(2)25-18)20(23)21-9-11-24-3/h4-7H,8-13H2,1-3H3,(H,21,23). The lowest BCUT2D eigenvalue weighted by molar-refractivity contribution is 0.0933. The lowest BCUT2D eigenvalue weighted by Crippen LogP contribution is -2.32. The van der Waals surface area contributed by atoms with Gasteiger partial charge >= 0.3 is 0 Å². The molecule has 134 valence electrons. The van der Waals surface area contributed by atoms with Crippen LogP contribution in [0.5, 0.6) is 0 Å². The summed E-state index contributed by atoms with van der Waals surface area (Å²) in [4.78, 5) is 14.9. The molecule has 0 aliphatic carbocycles. The van der Waals surface area contributed by atoms with E-state index in [1.165, 1.54) is 11.1 Å². The second-order valence-corrected chi connectivity index (χ2v) is 6.63. The van der Waals surface area contributed by atoms with E-state index in [1.807, 2.05) is 6.92 Å². The SMILES string of the molecule is COCCNC(=O)c1c(C)oc2c1CN(Cc1ccc(C)cc1)CC2. The number of furan rings is 1. The maximum Gasteiger partial charge on any atom is 0.255 e. The highest BCUT2D eigenvalue weighted by molar-refractivity contribution is 5.97. The van der Waals surface area contributed by atoms with Gasteiger partial charge in [-0.2, -0.15) is 0 Å². The van der Waals surface area contributed by atoms with Crippen molar-refractivity contribution in [3.8, 4) is 0 Å². The fourth-order valence-corrected chi connectivity index (χ4v) is 3.32. The second-order valence-electron chi connectivity index (χ2n) is 6.63. The molecule has 0 fully saturated rings. The van der Waals surface area contributed by atoms with Crippen molar-refractivity contribution in [1.82, 2.24) is 10.2 Å². The average molecular weight is 342 g/mol. The molecule has 1 aromatic heterocycles. The quantitative estimate of drug-likeness (QED) is 0.820. The van der Waals surface area contributed by atoms with Crippen LogP contribution in [0.3, 0.4) is 0 Å². The van der Waals surface area contributed by atoms with Crippen LogP contribution in [0.4, 0.5) is 0 Å². The minimum Gasteiger partial charge on any atom is -0.465 e. The molecule has 0 radical (unpaired) electrons. The van der Waals surface area contributed by atoms with Crippen LogP contribution in [0.15, 0.2) is 28.7 Å². The molecule has 0 saturated heterocycles. The van der Waals surface area contributed by atoms with Crippen LogP contribution >= 0.6 is 0 Å². The Bertz CT molecular complexity index is 734. The first kappa shape index (κ1) is 17.7. The molecule has 1 aromatic carbocycles. The Morgan fingerprint density at radius 1 is 1.28 bits per heavy atom. The molecule has 1 amide bonds. The zero-order valence-corrected chi connectivity index (χ0v) is 15.2. The van der Waals surface area contributed by atoms with E-state index in [0.29, 0.717) is 24.5 Å². The number of methoxy groups -OCH3 is 1. The van der Waals surface area contributed by atoms with Crippen LogP contribution in [0.25, 0.3) is 0 Å². The molecule has 2 heterocycles. The van der Waals surface area contributed by atoms with Crippen molar-refractivity contribution in [2.45, 2.75) is 33.4 Å². The highest BCUT2D eigenvalue weighted by Crippen LogP contribution is 2.28. The summed E-state index contributed by atoms with van der Waals surface area (Å²) >= 11 is 0. The highest BCUT2D eigenvalue weighted by Gasteiger charge is 2.28. The number of carbonyl (C=O) groups is 1. The Kier molecular flexibility index (Phi) is 5.56. The molecule has 0 saturated carbocycles. The molecule has 5 nitrogen and oxygen atoms in total. The number of benzene rings is 1. The summed E-state index contributed by atoms with van der Waals surface area (Å²) in [6, 6.07) is 8.62. The molecule has 1 N–H and O–H groups in total. The normalized spacial score (nSPS) is 14.4. The minimum atomic E-state index is -0.0725. The summed E-state index contributed by atoms with van der Waals surface area (Å²) < 4.78 is 10.9. The third kappa shape index (κ3) is 4.11. The van der Waals surface area contributed by atoms with Gasteiger partial charge in [-0.15, -0.1) is 0 Å². The van der Waals surface area contributed by atoms with Crippen LogP contribution in [-0.4, -0.2) is 37.6 Å². The largest absolute Gasteiger partial charge is 0.465 e. The smallest absolute Gasteiger partial charge is 0.255 e. The fraction of sp³-hybridized carbons (Fsp3) is 0.450. The van der Waals surface area contributed by atoms with E-state index in [9.17, 15) is 4.79 Å². The number of nitrogens with one attached hydrogen (secondary N) is 1. The van der Waals surface area contributed by atoms with E-state index >= 15 is 0 Å². The van der Waals surface area contributed by atoms with Gasteiger partial charge in [0.1, 0.15) is 11.5 Å². The summed E-state index contributed by atoms with van der Waals surface area (Å²) in [5, 5.41) is 2.91. The van der Waals surface area contributed by atoms with Crippen molar-refractivity contribution < 1.29 is 13.9 Å². The number of nitrogens with zero attached hydrogens (tertiary/aromatic N) is 1. The third-order valence-electron chi connectivity index (χ3n) is 4.65. The Balaban J connectivity index is 1.73. The molecule has 1 aliphatic rings. The first-order chi connectivity index (χ1) is 12.1. The Hall–Kier alpha value is -2.11. The Morgan fingerprint density at radius 3 is 2.76 bits per heavy atom. The average Bonchev–Trinajstić information content (AvgIpc) is 2.92. The van der Waals surface area contributed by atoms with Crippen LogP contribution in [0, 0.1) is 13.8 Å². The molecule has 1 aliphatic heterocycles. The molecular weight excluding hydrogens is 316 g/mol. The van der Waals surface area contributed by atoms with Crippen molar-refractivity contribution in [1.29, 1.82) is 0 Å². The maximum absolute atomic E-state index is 12.5. The molecule has 3 rings (SSSR count). The van der Waals surface area contributed by atoms with Gasteiger partial charge < -0.3 is 14.5 Å². The van der Waals surface area contributed by atoms with Crippen LogP contribution < -0.4 is 5.32 Å². The maximum atomic E-state index is 12.5. The lowest BCUT2D eigenvalue weighted by Gasteiger charge is -2.26. The molecule has 0 atom stereocenters. The van der Waals surface area contributed by atoms with Gasteiger partial charge in [0.25, 0.3) is 5.91 Å². The van der Waals surface area contributed by atoms with E-state index < -0.39 is 0 Å². The Morgan fingerprint density at radius 2 is 2.04 bits per heavy atom. The Labute approximate surface area is 149 Å². The van der Waals surface area contributed by atoms with Gasteiger partial charge in [-0.05, 0) is 19.4 Å². The number of amides is 1. The van der Waals surface area contributed by atoms with Gasteiger partial charge in [0.15, 0.2) is 0 Å². The summed E-state index contributed by atoms with van der Waals surface area (Å²) in [6.07, 6.45) is 0.841. The zero-order chi connectivity index (χ0) is 17.8. The number of aryl methyl sites for hydroxylation is 2. The number of carbonyl (C=O) groups excluding carboxylic acids is 1. The monoisotopic (exact) mass is 342 g/mol. The van der Waals surface area contributed by atoms with E-state index in [2.05, 4.69) is 41.4 Å². The number of fused-ring (bicyclic) bond motifs is 1. The van der Waals surface area contributed by atoms with Gasteiger partial charge in [0, 0.05) is 45.3 Å². The minimum absolute atomic E-state index is 0.0725. The summed E-state index contributed by atoms with van der Waals surface area (Å²) in [6.45, 7) is 7.54. The van der Waals surface area contributed by atoms with E-state index in [1.54, 1.807) is 7.11 Å². The summed E-state index contributed by atoms with van der Waals surface area (Å²) in [7, 11) is 1.63. The predicted octanol–water partition coefficient (Wildman–Crippen LogP) is 2.83. The molecule has 5 heteroatoms. The zero-order valence-electron chi connectivity index (χ0n) is 15.2. The number of rotatable bonds is 6. The summed E-state index contributed by atoms with van der Waals surface area (Å²) in [5.74, 6) is 1.59. The fourth-order valence-electron chi connectivity index (χ4n) is 3.32. The van der Waals surface area contributed by atoms with Gasteiger partial charge in [-0.3, -0.25) is 9.69 Å². The lowest BCUT2D eigenvalue weighted by atomic mass is 10.0. The first-order valence-electron chi connectivity index (χ1n) is 8.74. The van der Waals surface area contributed by atoms with E-state index in [0.717, 1.165) is 37.4 Å². The van der Waals surface area contributed by atoms with Gasteiger partial charge in [-0.25, -0.2) is 0 Å². The predicted molar refractivity (Wildman–Crippen MR) is 96.7 cm³/mol. The molecule has 0 spiro atoms. The van der Waals surface area contributed by atoms with Crippen LogP contribution in [-0.2, 0) is 24.2 Å². The number of hydrogen-bond donors (Lipinski definition) is 1. The van der Waals surface area contributed by atoms with Crippen molar-refractivity contribution in [3.63, 3.8) is 0 Å². The molecule has 0 unspecified atom stereocenters. The molecular formula is C20H26N2O3. The van der Waals surface area contributed by atoms with Crippen LogP contribution in [0.2, 0.25) is 0 Å². The number of hydrogen-bond acceptors (Lipinski definition) is 4. The highest BCUT2D eigenvalue weighted by atomic mass is 16.5. The van der Waals surface area contributed by atoms with Crippen molar-refractivity contribution in [2.75, 3.05) is 26.8 Å². The van der Waals surface area contributed by atoms with Crippen molar-refractivity contribution in [2.24, 2.45) is 0 Å². The first-order valence-corrected chi connectivity index (χ1v) is 8.74. The molecule has 25 heavy (non-hydrogen) atoms. The second kappa shape index (κ2) is 7.85. The van der Waals surface area contributed by atoms with Crippen molar-refractivity contribution in [3.05, 3.63) is 58.0 Å². The van der Waals surface area contributed by atoms with Gasteiger partial charge in [0.05, 0.1) is 12.2 Å². The van der Waals surface area contributed by atoms with Crippen LogP contribution in [0.1, 0.15) is 38.6 Å². The van der Waals surface area contributed by atoms with Crippen molar-refractivity contribution >= 4 is 5.91 Å².